The molecule has 2 aromatic heterocycles. The van der Waals surface area contributed by atoms with Crippen LogP contribution in [0.2, 0.25) is 0 Å². The molecule has 0 saturated carbocycles. The fourth-order valence-electron chi connectivity index (χ4n) is 1.18. The minimum atomic E-state index is -0.215. The van der Waals surface area contributed by atoms with Gasteiger partial charge in [0.05, 0.1) is 10.3 Å². The van der Waals surface area contributed by atoms with E-state index in [0.717, 1.165) is 11.3 Å². The first-order valence-corrected chi connectivity index (χ1v) is 6.02. The fourth-order valence-corrected chi connectivity index (χ4v) is 2.14. The zero-order valence-corrected chi connectivity index (χ0v) is 10.1. The Morgan fingerprint density at radius 3 is 2.87 bits per heavy atom. The number of aryl methyl sites for hydroxylation is 1. The summed E-state index contributed by atoms with van der Waals surface area (Å²) >= 11 is 7.53. The maximum absolute atomic E-state index is 5.85. The van der Waals surface area contributed by atoms with Crippen LogP contribution in [-0.2, 0) is 6.42 Å². The van der Waals surface area contributed by atoms with Gasteiger partial charge in [-0.15, -0.1) is 22.9 Å². The third-order valence-corrected chi connectivity index (χ3v) is 3.43. The molecule has 0 spiro atoms. The standard InChI is InChI=1S/C10H11ClN2OS/c1-3-7-4-5-8(15-7)10-12-9(6(2)11)13-14-10/h4-6H,3H2,1-2H3. The molecule has 1 unspecified atom stereocenters. The van der Waals surface area contributed by atoms with Crippen molar-refractivity contribution in [2.75, 3.05) is 0 Å². The number of nitrogens with zero attached hydrogens (tertiary/aromatic N) is 2. The summed E-state index contributed by atoms with van der Waals surface area (Å²) in [6, 6.07) is 4.08. The van der Waals surface area contributed by atoms with Crippen LogP contribution in [0.1, 0.15) is 29.9 Å². The average Bonchev–Trinajstić information content (AvgIpc) is 2.86. The summed E-state index contributed by atoms with van der Waals surface area (Å²) in [7, 11) is 0. The molecule has 0 aliphatic rings. The molecule has 0 fully saturated rings. The van der Waals surface area contributed by atoms with Gasteiger partial charge in [-0.1, -0.05) is 12.1 Å². The molecule has 0 radical (unpaired) electrons. The zero-order chi connectivity index (χ0) is 10.8. The molecule has 80 valence electrons. The van der Waals surface area contributed by atoms with Crippen molar-refractivity contribution < 1.29 is 4.52 Å². The van der Waals surface area contributed by atoms with Crippen molar-refractivity contribution in [1.82, 2.24) is 10.1 Å². The summed E-state index contributed by atoms with van der Waals surface area (Å²) in [6.45, 7) is 3.94. The molecule has 2 aromatic rings. The van der Waals surface area contributed by atoms with Crippen LogP contribution in [0.15, 0.2) is 16.7 Å². The highest BCUT2D eigenvalue weighted by Crippen LogP contribution is 2.28. The molecule has 2 heterocycles. The van der Waals surface area contributed by atoms with E-state index in [1.165, 1.54) is 4.88 Å². The number of rotatable bonds is 3. The predicted molar refractivity (Wildman–Crippen MR) is 61.3 cm³/mol. The van der Waals surface area contributed by atoms with E-state index in [9.17, 15) is 0 Å². The topological polar surface area (TPSA) is 38.9 Å². The van der Waals surface area contributed by atoms with Crippen LogP contribution >= 0.6 is 22.9 Å². The Morgan fingerprint density at radius 1 is 1.53 bits per heavy atom. The minimum Gasteiger partial charge on any atom is -0.333 e. The van der Waals surface area contributed by atoms with Crippen molar-refractivity contribution in [2.24, 2.45) is 0 Å². The number of alkyl halides is 1. The van der Waals surface area contributed by atoms with Crippen LogP contribution in [0.25, 0.3) is 10.8 Å². The van der Waals surface area contributed by atoms with E-state index >= 15 is 0 Å². The van der Waals surface area contributed by atoms with Crippen LogP contribution in [0.5, 0.6) is 0 Å². The van der Waals surface area contributed by atoms with Gasteiger partial charge in [0.1, 0.15) is 0 Å². The molecule has 0 aliphatic carbocycles. The molecular weight excluding hydrogens is 232 g/mol. The maximum Gasteiger partial charge on any atom is 0.268 e. The molecule has 0 N–H and O–H groups in total. The van der Waals surface area contributed by atoms with Gasteiger partial charge in [0, 0.05) is 4.88 Å². The second-order valence-electron chi connectivity index (χ2n) is 3.19. The molecule has 2 rings (SSSR count). The molecule has 1 atom stereocenters. The van der Waals surface area contributed by atoms with E-state index in [-0.39, 0.29) is 5.38 Å². The van der Waals surface area contributed by atoms with E-state index in [1.54, 1.807) is 11.3 Å². The van der Waals surface area contributed by atoms with Crippen molar-refractivity contribution in [2.45, 2.75) is 25.6 Å². The van der Waals surface area contributed by atoms with Gasteiger partial charge in [0.25, 0.3) is 5.89 Å². The van der Waals surface area contributed by atoms with Crippen molar-refractivity contribution >= 4 is 22.9 Å². The van der Waals surface area contributed by atoms with Gasteiger partial charge in [-0.2, -0.15) is 4.98 Å². The van der Waals surface area contributed by atoms with Gasteiger partial charge in [0.2, 0.25) is 0 Å². The largest absolute Gasteiger partial charge is 0.333 e. The molecule has 0 saturated heterocycles. The van der Waals surface area contributed by atoms with E-state index in [2.05, 4.69) is 23.1 Å². The minimum absolute atomic E-state index is 0.215. The SMILES string of the molecule is CCc1ccc(-c2nc(C(C)Cl)no2)s1. The van der Waals surface area contributed by atoms with Gasteiger partial charge in [0.15, 0.2) is 5.82 Å². The van der Waals surface area contributed by atoms with Crippen LogP contribution < -0.4 is 0 Å². The highest BCUT2D eigenvalue weighted by Gasteiger charge is 2.13. The third-order valence-electron chi connectivity index (χ3n) is 2.02. The van der Waals surface area contributed by atoms with Crippen molar-refractivity contribution in [3.8, 4) is 10.8 Å². The molecule has 15 heavy (non-hydrogen) atoms. The van der Waals surface area contributed by atoms with Gasteiger partial charge >= 0.3 is 0 Å². The van der Waals surface area contributed by atoms with Crippen LogP contribution in [-0.4, -0.2) is 10.1 Å². The Kier molecular flexibility index (Phi) is 3.07. The third kappa shape index (κ3) is 2.21. The normalized spacial score (nSPS) is 13.0. The number of thiophene rings is 1. The Balaban J connectivity index is 2.28. The lowest BCUT2D eigenvalue weighted by Gasteiger charge is -1.89. The Morgan fingerprint density at radius 2 is 2.33 bits per heavy atom. The van der Waals surface area contributed by atoms with E-state index in [1.807, 2.05) is 13.0 Å². The highest BCUT2D eigenvalue weighted by atomic mass is 35.5. The predicted octanol–water partition coefficient (Wildman–Crippen LogP) is 3.66. The molecule has 0 amide bonds. The zero-order valence-electron chi connectivity index (χ0n) is 8.53. The molecule has 3 nitrogen and oxygen atoms in total. The first kappa shape index (κ1) is 10.6. The lowest BCUT2D eigenvalue weighted by molar-refractivity contribution is 0.423. The number of aromatic nitrogens is 2. The smallest absolute Gasteiger partial charge is 0.268 e. The number of hydrogen-bond acceptors (Lipinski definition) is 4. The fraction of sp³-hybridized carbons (Fsp3) is 0.400. The quantitative estimate of drug-likeness (QED) is 0.771. The van der Waals surface area contributed by atoms with Gasteiger partial charge < -0.3 is 4.52 Å². The second-order valence-corrected chi connectivity index (χ2v) is 5.02. The Bertz CT molecular complexity index is 450. The molecule has 5 heteroatoms. The summed E-state index contributed by atoms with van der Waals surface area (Å²) in [5.74, 6) is 1.10. The van der Waals surface area contributed by atoms with E-state index < -0.39 is 0 Å². The summed E-state index contributed by atoms with van der Waals surface area (Å²) < 4.78 is 5.13. The lowest BCUT2D eigenvalue weighted by Crippen LogP contribution is -1.85. The van der Waals surface area contributed by atoms with Gasteiger partial charge in [-0.25, -0.2) is 0 Å². The monoisotopic (exact) mass is 242 g/mol. The van der Waals surface area contributed by atoms with Crippen molar-refractivity contribution in [1.29, 1.82) is 0 Å². The number of hydrogen-bond donors (Lipinski definition) is 0. The maximum atomic E-state index is 5.85. The van der Waals surface area contributed by atoms with Gasteiger partial charge in [-0.3, -0.25) is 0 Å². The molecule has 0 aliphatic heterocycles. The van der Waals surface area contributed by atoms with Crippen LogP contribution in [0.4, 0.5) is 0 Å². The second kappa shape index (κ2) is 4.33. The summed E-state index contributed by atoms with van der Waals surface area (Å²) in [5.41, 5.74) is 0. The summed E-state index contributed by atoms with van der Waals surface area (Å²) in [6.07, 6.45) is 1.03. The molecule has 0 bridgehead atoms. The van der Waals surface area contributed by atoms with Crippen LogP contribution in [0, 0.1) is 0 Å². The van der Waals surface area contributed by atoms with Crippen molar-refractivity contribution in [3.05, 3.63) is 22.8 Å². The molecular formula is C10H11ClN2OS. The average molecular weight is 243 g/mol. The van der Waals surface area contributed by atoms with Gasteiger partial charge in [-0.05, 0) is 25.5 Å². The number of halogens is 1. The van der Waals surface area contributed by atoms with E-state index in [4.69, 9.17) is 16.1 Å². The highest BCUT2D eigenvalue weighted by molar-refractivity contribution is 7.15. The molecule has 0 aromatic carbocycles. The first-order valence-electron chi connectivity index (χ1n) is 4.77. The van der Waals surface area contributed by atoms with Crippen LogP contribution in [0.3, 0.4) is 0 Å². The Labute approximate surface area is 97.1 Å². The summed E-state index contributed by atoms with van der Waals surface area (Å²) in [4.78, 5) is 6.54. The van der Waals surface area contributed by atoms with Crippen molar-refractivity contribution in [3.63, 3.8) is 0 Å². The lowest BCUT2D eigenvalue weighted by atomic mass is 10.3. The van der Waals surface area contributed by atoms with E-state index in [0.29, 0.717) is 11.7 Å². The summed E-state index contributed by atoms with van der Waals surface area (Å²) in [5, 5.41) is 3.60. The Hall–Kier alpha value is -0.870. The first-order chi connectivity index (χ1) is 7.20.